The van der Waals surface area contributed by atoms with Crippen LogP contribution in [-0.2, 0) is 9.59 Å². The van der Waals surface area contributed by atoms with Crippen LogP contribution in [0.15, 0.2) is 12.1 Å². The second-order valence-corrected chi connectivity index (χ2v) is 3.98. The van der Waals surface area contributed by atoms with Gasteiger partial charge in [-0.1, -0.05) is 0 Å². The molecule has 4 N–H and O–H groups in total. The number of nitrogens with zero attached hydrogens (tertiary/aromatic N) is 2. The number of amides is 2. The van der Waals surface area contributed by atoms with Crippen molar-refractivity contribution in [1.82, 2.24) is 10.3 Å². The molecule has 0 bridgehead atoms. The Hall–Kier alpha value is -2.95. The van der Waals surface area contributed by atoms with Crippen LogP contribution >= 0.6 is 0 Å². The van der Waals surface area contributed by atoms with Crippen molar-refractivity contribution in [2.24, 2.45) is 5.73 Å². The molecule has 1 aromatic heterocycles. The third-order valence-corrected chi connectivity index (χ3v) is 2.45. The minimum atomic E-state index is -1.42. The van der Waals surface area contributed by atoms with Crippen molar-refractivity contribution in [2.45, 2.75) is 19.4 Å². The summed E-state index contributed by atoms with van der Waals surface area (Å²) in [5.74, 6) is -2.98. The van der Waals surface area contributed by atoms with Gasteiger partial charge in [-0.3, -0.25) is 9.59 Å². The van der Waals surface area contributed by atoms with E-state index in [-0.39, 0.29) is 5.69 Å². The number of rotatable bonds is 5. The fraction of sp³-hybridized carbons (Fsp3) is 0.250. The quantitative estimate of drug-likeness (QED) is 0.649. The maximum atomic E-state index is 11.8. The van der Waals surface area contributed by atoms with Crippen LogP contribution in [0, 0.1) is 18.3 Å². The van der Waals surface area contributed by atoms with Crippen molar-refractivity contribution in [1.29, 1.82) is 5.26 Å². The molecule has 8 heteroatoms. The highest BCUT2D eigenvalue weighted by Gasteiger charge is 2.23. The molecule has 0 saturated heterocycles. The second kappa shape index (κ2) is 6.29. The smallest absolute Gasteiger partial charge is 0.326 e. The summed E-state index contributed by atoms with van der Waals surface area (Å²) < 4.78 is 0. The van der Waals surface area contributed by atoms with Gasteiger partial charge in [0.2, 0.25) is 5.91 Å². The van der Waals surface area contributed by atoms with Crippen molar-refractivity contribution >= 4 is 17.8 Å². The van der Waals surface area contributed by atoms with Crippen molar-refractivity contribution in [3.05, 3.63) is 29.1 Å². The summed E-state index contributed by atoms with van der Waals surface area (Å²) >= 11 is 0. The molecule has 1 atom stereocenters. The van der Waals surface area contributed by atoms with E-state index in [2.05, 4.69) is 10.3 Å². The molecule has 0 saturated carbocycles. The van der Waals surface area contributed by atoms with Gasteiger partial charge in [0, 0.05) is 0 Å². The number of nitrogens with one attached hydrogen (secondary N) is 1. The van der Waals surface area contributed by atoms with Gasteiger partial charge < -0.3 is 16.2 Å². The minimum Gasteiger partial charge on any atom is -0.480 e. The van der Waals surface area contributed by atoms with Gasteiger partial charge in [-0.2, -0.15) is 5.26 Å². The molecule has 0 spiro atoms. The highest BCUT2D eigenvalue weighted by atomic mass is 16.4. The standard InChI is InChI=1S/C12H12N4O4/c1-6-7(5-13)2-3-8(15-6)11(18)16-9(12(19)20)4-10(14)17/h2-3,9H,4H2,1H3,(H2,14,17)(H,16,18)(H,19,20)/t9-/m1/s1. The minimum absolute atomic E-state index is 0.0442. The topological polar surface area (TPSA) is 146 Å². The maximum absolute atomic E-state index is 11.8. The number of carboxylic acid groups (broad SMARTS) is 1. The number of hydrogen-bond donors (Lipinski definition) is 3. The first-order valence-corrected chi connectivity index (χ1v) is 5.55. The summed E-state index contributed by atoms with van der Waals surface area (Å²) in [6.07, 6.45) is -0.518. The molecule has 0 aliphatic heterocycles. The molecule has 0 radical (unpaired) electrons. The average molecular weight is 276 g/mol. The van der Waals surface area contributed by atoms with Crippen LogP contribution in [0.2, 0.25) is 0 Å². The summed E-state index contributed by atoms with van der Waals surface area (Å²) in [5.41, 5.74) is 5.52. The lowest BCUT2D eigenvalue weighted by Crippen LogP contribution is -2.43. The summed E-state index contributed by atoms with van der Waals surface area (Å²) in [6, 6.07) is 3.18. The lowest BCUT2D eigenvalue weighted by molar-refractivity contribution is -0.140. The summed E-state index contributed by atoms with van der Waals surface area (Å²) in [6.45, 7) is 1.55. The zero-order valence-corrected chi connectivity index (χ0v) is 10.6. The molecule has 2 amide bonds. The third kappa shape index (κ3) is 3.78. The second-order valence-electron chi connectivity index (χ2n) is 3.98. The van der Waals surface area contributed by atoms with E-state index in [1.807, 2.05) is 6.07 Å². The van der Waals surface area contributed by atoms with Crippen molar-refractivity contribution in [3.8, 4) is 6.07 Å². The van der Waals surface area contributed by atoms with Crippen molar-refractivity contribution < 1.29 is 19.5 Å². The maximum Gasteiger partial charge on any atom is 0.326 e. The molecule has 104 valence electrons. The SMILES string of the molecule is Cc1nc(C(=O)N[C@H](CC(N)=O)C(=O)O)ccc1C#N. The van der Waals surface area contributed by atoms with E-state index in [0.717, 1.165) is 0 Å². The van der Waals surface area contributed by atoms with Crippen LogP contribution in [0.1, 0.15) is 28.2 Å². The molecule has 20 heavy (non-hydrogen) atoms. The Morgan fingerprint density at radius 1 is 1.50 bits per heavy atom. The largest absolute Gasteiger partial charge is 0.480 e. The zero-order valence-electron chi connectivity index (χ0n) is 10.6. The number of aryl methyl sites for hydroxylation is 1. The number of carboxylic acids is 1. The molecule has 1 rings (SSSR count). The molecule has 0 aliphatic carbocycles. The Morgan fingerprint density at radius 3 is 2.60 bits per heavy atom. The molecule has 0 aliphatic rings. The van der Waals surface area contributed by atoms with E-state index in [0.29, 0.717) is 11.3 Å². The van der Waals surface area contributed by atoms with Gasteiger partial charge in [-0.25, -0.2) is 9.78 Å². The Kier molecular flexibility index (Phi) is 4.75. The lowest BCUT2D eigenvalue weighted by atomic mass is 10.1. The van der Waals surface area contributed by atoms with Crippen molar-refractivity contribution in [2.75, 3.05) is 0 Å². The Labute approximate surface area is 114 Å². The van der Waals surface area contributed by atoms with Gasteiger partial charge in [0.25, 0.3) is 5.91 Å². The van der Waals surface area contributed by atoms with E-state index >= 15 is 0 Å². The predicted molar refractivity (Wildman–Crippen MR) is 66.4 cm³/mol. The monoisotopic (exact) mass is 276 g/mol. The van der Waals surface area contributed by atoms with E-state index in [1.54, 1.807) is 6.92 Å². The normalized spacial score (nSPS) is 11.2. The van der Waals surface area contributed by atoms with Gasteiger partial charge in [0.05, 0.1) is 17.7 Å². The van der Waals surface area contributed by atoms with Gasteiger partial charge in [0.1, 0.15) is 17.8 Å². The molecule has 1 aromatic rings. The number of nitrogens with two attached hydrogens (primary N) is 1. The Balaban J connectivity index is 2.89. The highest BCUT2D eigenvalue weighted by molar-refractivity contribution is 5.96. The first-order valence-electron chi connectivity index (χ1n) is 5.55. The van der Waals surface area contributed by atoms with E-state index < -0.39 is 30.2 Å². The highest BCUT2D eigenvalue weighted by Crippen LogP contribution is 2.06. The van der Waals surface area contributed by atoms with Crippen LogP contribution < -0.4 is 11.1 Å². The molecular formula is C12H12N4O4. The molecule has 8 nitrogen and oxygen atoms in total. The molecular weight excluding hydrogens is 264 g/mol. The lowest BCUT2D eigenvalue weighted by Gasteiger charge is -2.12. The van der Waals surface area contributed by atoms with Crippen LogP contribution in [-0.4, -0.2) is 33.9 Å². The van der Waals surface area contributed by atoms with Gasteiger partial charge in [-0.15, -0.1) is 0 Å². The predicted octanol–water partition coefficient (Wildman–Crippen LogP) is -0.680. The summed E-state index contributed by atoms with van der Waals surface area (Å²) in [4.78, 5) is 37.3. The zero-order chi connectivity index (χ0) is 15.3. The number of nitriles is 1. The van der Waals surface area contributed by atoms with E-state index in [9.17, 15) is 14.4 Å². The Bertz CT molecular complexity index is 606. The van der Waals surface area contributed by atoms with E-state index in [1.165, 1.54) is 12.1 Å². The fourth-order valence-corrected chi connectivity index (χ4v) is 1.44. The third-order valence-electron chi connectivity index (χ3n) is 2.45. The number of carbonyl (C=O) groups is 3. The molecule has 0 aromatic carbocycles. The number of hydrogen-bond acceptors (Lipinski definition) is 5. The summed E-state index contributed by atoms with van der Waals surface area (Å²) in [5, 5.41) is 19.8. The van der Waals surface area contributed by atoms with Crippen LogP contribution in [0.5, 0.6) is 0 Å². The van der Waals surface area contributed by atoms with Gasteiger partial charge in [0.15, 0.2) is 0 Å². The average Bonchev–Trinajstić information content (AvgIpc) is 2.37. The molecule has 0 fully saturated rings. The van der Waals surface area contributed by atoms with Gasteiger partial charge in [-0.05, 0) is 19.1 Å². The number of primary amides is 1. The van der Waals surface area contributed by atoms with Gasteiger partial charge >= 0.3 is 5.97 Å². The van der Waals surface area contributed by atoms with Crippen LogP contribution in [0.4, 0.5) is 0 Å². The van der Waals surface area contributed by atoms with E-state index in [4.69, 9.17) is 16.1 Å². The number of pyridine rings is 1. The first-order chi connectivity index (χ1) is 9.35. The Morgan fingerprint density at radius 2 is 2.15 bits per heavy atom. The summed E-state index contributed by atoms with van der Waals surface area (Å²) in [7, 11) is 0. The number of aliphatic carboxylic acids is 1. The van der Waals surface area contributed by atoms with Crippen molar-refractivity contribution in [3.63, 3.8) is 0 Å². The molecule has 0 unspecified atom stereocenters. The van der Waals surface area contributed by atoms with Crippen LogP contribution in [0.25, 0.3) is 0 Å². The van der Waals surface area contributed by atoms with Crippen LogP contribution in [0.3, 0.4) is 0 Å². The fourth-order valence-electron chi connectivity index (χ4n) is 1.44. The number of carbonyl (C=O) groups excluding carboxylic acids is 2. The number of aromatic nitrogens is 1. The molecule has 1 heterocycles. The first kappa shape index (κ1) is 15.1.